The Kier molecular flexibility index (Phi) is 6.17. The van der Waals surface area contributed by atoms with E-state index < -0.39 is 11.9 Å². The summed E-state index contributed by atoms with van der Waals surface area (Å²) in [6.07, 6.45) is 0.737. The van der Waals surface area contributed by atoms with Gasteiger partial charge in [0.05, 0.1) is 16.6 Å². The van der Waals surface area contributed by atoms with Gasteiger partial charge in [-0.05, 0) is 60.4 Å². The van der Waals surface area contributed by atoms with E-state index in [0.717, 1.165) is 11.1 Å². The Balaban J connectivity index is 1.64. The summed E-state index contributed by atoms with van der Waals surface area (Å²) >= 11 is 0. The van der Waals surface area contributed by atoms with Gasteiger partial charge in [-0.1, -0.05) is 36.4 Å². The van der Waals surface area contributed by atoms with E-state index in [9.17, 15) is 14.0 Å². The smallest absolute Gasteiger partial charge is 0.335 e. The van der Waals surface area contributed by atoms with Crippen LogP contribution >= 0.6 is 0 Å². The maximum Gasteiger partial charge on any atom is 0.335 e. The topological polar surface area (TPSA) is 121 Å². The van der Waals surface area contributed by atoms with Gasteiger partial charge in [0.25, 0.3) is 5.91 Å². The quantitative estimate of drug-likeness (QED) is 0.316. The minimum absolute atomic E-state index is 0.117. The molecule has 3 aromatic carbocycles. The standard InChI is InChI=1S/C25H21FN4O3/c26-18-12-5-15(6-13-18)7-14-19(22(27)16-8-10-17(11-9-16)24(32)33)23(31)30-25-28-20-3-1-2-4-21(20)29-25/h1-6,8-13H,7,14,27H2,(H,32,33)(H2,28,29,30,31). The van der Waals surface area contributed by atoms with Crippen LogP contribution in [-0.4, -0.2) is 27.0 Å². The van der Waals surface area contributed by atoms with Gasteiger partial charge in [-0.2, -0.15) is 0 Å². The van der Waals surface area contributed by atoms with Crippen LogP contribution in [0.2, 0.25) is 0 Å². The molecule has 4 aromatic rings. The molecule has 1 heterocycles. The molecule has 0 radical (unpaired) electrons. The van der Waals surface area contributed by atoms with E-state index in [-0.39, 0.29) is 29.4 Å². The van der Waals surface area contributed by atoms with Crippen LogP contribution < -0.4 is 11.1 Å². The highest BCUT2D eigenvalue weighted by Crippen LogP contribution is 2.22. The molecule has 4 rings (SSSR count). The molecule has 0 aliphatic rings. The van der Waals surface area contributed by atoms with Crippen molar-refractivity contribution in [2.75, 3.05) is 5.32 Å². The van der Waals surface area contributed by atoms with Crippen molar-refractivity contribution >= 4 is 34.6 Å². The second-order valence-corrected chi connectivity index (χ2v) is 7.46. The van der Waals surface area contributed by atoms with E-state index >= 15 is 0 Å². The maximum absolute atomic E-state index is 13.2. The zero-order chi connectivity index (χ0) is 23.4. The first-order chi connectivity index (χ1) is 15.9. The number of aromatic carboxylic acids is 1. The van der Waals surface area contributed by atoms with Crippen LogP contribution in [0.3, 0.4) is 0 Å². The summed E-state index contributed by atoms with van der Waals surface area (Å²) in [5.74, 6) is -1.54. The summed E-state index contributed by atoms with van der Waals surface area (Å²) in [7, 11) is 0. The number of carbonyl (C=O) groups is 2. The van der Waals surface area contributed by atoms with Gasteiger partial charge in [0.15, 0.2) is 0 Å². The molecule has 5 N–H and O–H groups in total. The average Bonchev–Trinajstić information content (AvgIpc) is 3.22. The van der Waals surface area contributed by atoms with Crippen molar-refractivity contribution in [1.29, 1.82) is 0 Å². The highest BCUT2D eigenvalue weighted by atomic mass is 19.1. The summed E-state index contributed by atoms with van der Waals surface area (Å²) in [5, 5.41) is 11.9. The SMILES string of the molecule is NC(=C(CCc1ccc(F)cc1)C(=O)Nc1nc2ccccc2[nH]1)c1ccc(C(=O)O)cc1. The van der Waals surface area contributed by atoms with Crippen molar-refractivity contribution in [3.05, 3.63) is 101 Å². The normalized spacial score (nSPS) is 11.8. The number of aryl methyl sites for hydroxylation is 1. The van der Waals surface area contributed by atoms with Crippen molar-refractivity contribution in [2.45, 2.75) is 12.8 Å². The lowest BCUT2D eigenvalue weighted by atomic mass is 9.98. The molecule has 0 bridgehead atoms. The number of halogens is 1. The number of hydrogen-bond donors (Lipinski definition) is 4. The molecule has 0 aliphatic carbocycles. The van der Waals surface area contributed by atoms with Gasteiger partial charge in [-0.25, -0.2) is 14.2 Å². The van der Waals surface area contributed by atoms with E-state index in [1.807, 2.05) is 24.3 Å². The van der Waals surface area contributed by atoms with Crippen LogP contribution in [0.15, 0.2) is 78.4 Å². The number of amides is 1. The number of nitrogens with two attached hydrogens (primary N) is 1. The third-order valence-electron chi connectivity index (χ3n) is 5.24. The number of carboxylic acids is 1. The molecule has 0 saturated carbocycles. The summed E-state index contributed by atoms with van der Waals surface area (Å²) < 4.78 is 13.2. The van der Waals surface area contributed by atoms with Crippen molar-refractivity contribution in [1.82, 2.24) is 9.97 Å². The number of para-hydroxylation sites is 2. The van der Waals surface area contributed by atoms with Crippen LogP contribution in [0.4, 0.5) is 10.3 Å². The lowest BCUT2D eigenvalue weighted by molar-refractivity contribution is -0.113. The molecule has 0 saturated heterocycles. The Morgan fingerprint density at radius 2 is 1.64 bits per heavy atom. The number of anilines is 1. The van der Waals surface area contributed by atoms with Crippen molar-refractivity contribution in [3.63, 3.8) is 0 Å². The van der Waals surface area contributed by atoms with Gasteiger partial charge in [-0.3, -0.25) is 10.1 Å². The molecule has 7 nitrogen and oxygen atoms in total. The fourth-order valence-corrected chi connectivity index (χ4v) is 3.45. The zero-order valence-electron chi connectivity index (χ0n) is 17.5. The Morgan fingerprint density at radius 3 is 2.30 bits per heavy atom. The van der Waals surface area contributed by atoms with Gasteiger partial charge in [0.2, 0.25) is 5.95 Å². The maximum atomic E-state index is 13.2. The van der Waals surface area contributed by atoms with Gasteiger partial charge < -0.3 is 15.8 Å². The van der Waals surface area contributed by atoms with Gasteiger partial charge >= 0.3 is 5.97 Å². The monoisotopic (exact) mass is 444 g/mol. The molecule has 1 aromatic heterocycles. The minimum atomic E-state index is -1.05. The van der Waals surface area contributed by atoms with E-state index in [1.165, 1.54) is 24.3 Å². The molecule has 1 amide bonds. The predicted molar refractivity (Wildman–Crippen MR) is 124 cm³/mol. The van der Waals surface area contributed by atoms with Gasteiger partial charge in [-0.15, -0.1) is 0 Å². The Hall–Kier alpha value is -4.46. The Bertz CT molecular complexity index is 1310. The first kappa shape index (κ1) is 21.8. The van der Waals surface area contributed by atoms with Crippen molar-refractivity contribution < 1.29 is 19.1 Å². The molecule has 0 fully saturated rings. The van der Waals surface area contributed by atoms with Crippen LogP contribution in [0.25, 0.3) is 16.7 Å². The number of benzene rings is 3. The fraction of sp³-hybridized carbons (Fsp3) is 0.0800. The molecule has 0 spiro atoms. The second-order valence-electron chi connectivity index (χ2n) is 7.46. The summed E-state index contributed by atoms with van der Waals surface area (Å²) in [6.45, 7) is 0. The summed E-state index contributed by atoms with van der Waals surface area (Å²) in [5.41, 5.74) is 9.87. The lowest BCUT2D eigenvalue weighted by Gasteiger charge is -2.13. The number of carbonyl (C=O) groups excluding carboxylic acids is 1. The molecular weight excluding hydrogens is 423 g/mol. The minimum Gasteiger partial charge on any atom is -0.478 e. The molecule has 8 heteroatoms. The lowest BCUT2D eigenvalue weighted by Crippen LogP contribution is -2.20. The number of fused-ring (bicyclic) bond motifs is 1. The highest BCUT2D eigenvalue weighted by molar-refractivity contribution is 6.08. The number of aromatic amines is 1. The van der Waals surface area contributed by atoms with Crippen LogP contribution in [0.1, 0.15) is 27.9 Å². The number of carboxylic acid groups (broad SMARTS) is 1. The van der Waals surface area contributed by atoms with Gasteiger partial charge in [0.1, 0.15) is 5.82 Å². The average molecular weight is 444 g/mol. The summed E-state index contributed by atoms with van der Waals surface area (Å²) in [4.78, 5) is 31.7. The number of nitrogens with one attached hydrogen (secondary N) is 2. The molecule has 166 valence electrons. The van der Waals surface area contributed by atoms with E-state index in [4.69, 9.17) is 10.8 Å². The van der Waals surface area contributed by atoms with Crippen LogP contribution in [0.5, 0.6) is 0 Å². The number of H-pyrrole nitrogens is 1. The molecule has 0 aliphatic heterocycles. The Labute approximate surface area is 188 Å². The highest BCUT2D eigenvalue weighted by Gasteiger charge is 2.18. The fourth-order valence-electron chi connectivity index (χ4n) is 3.45. The molecule has 0 atom stereocenters. The zero-order valence-corrected chi connectivity index (χ0v) is 17.5. The van der Waals surface area contributed by atoms with Crippen LogP contribution in [0, 0.1) is 5.82 Å². The first-order valence-corrected chi connectivity index (χ1v) is 10.2. The second kappa shape index (κ2) is 9.35. The number of hydrogen-bond acceptors (Lipinski definition) is 4. The van der Waals surface area contributed by atoms with E-state index in [0.29, 0.717) is 23.1 Å². The van der Waals surface area contributed by atoms with Crippen molar-refractivity contribution in [3.8, 4) is 0 Å². The molecule has 0 unspecified atom stereocenters. The predicted octanol–water partition coefficient (Wildman–Crippen LogP) is 4.34. The Morgan fingerprint density at radius 1 is 0.970 bits per heavy atom. The number of imidazole rings is 1. The van der Waals surface area contributed by atoms with E-state index in [2.05, 4.69) is 15.3 Å². The number of aromatic nitrogens is 2. The number of nitrogens with zero attached hydrogens (tertiary/aromatic N) is 1. The third-order valence-corrected chi connectivity index (χ3v) is 5.24. The molecule has 33 heavy (non-hydrogen) atoms. The van der Waals surface area contributed by atoms with Crippen LogP contribution in [-0.2, 0) is 11.2 Å². The molecular formula is C25H21FN4O3. The van der Waals surface area contributed by atoms with Gasteiger partial charge in [0, 0.05) is 11.3 Å². The third kappa shape index (κ3) is 5.07. The largest absolute Gasteiger partial charge is 0.478 e. The van der Waals surface area contributed by atoms with E-state index in [1.54, 1.807) is 24.3 Å². The van der Waals surface area contributed by atoms with Crippen molar-refractivity contribution in [2.24, 2.45) is 5.73 Å². The summed E-state index contributed by atoms with van der Waals surface area (Å²) in [6, 6.07) is 19.4. The first-order valence-electron chi connectivity index (χ1n) is 10.2. The number of rotatable bonds is 7.